The summed E-state index contributed by atoms with van der Waals surface area (Å²) in [4.78, 5) is 2.22. The summed E-state index contributed by atoms with van der Waals surface area (Å²) in [5, 5.41) is 9.77. The van der Waals surface area contributed by atoms with Gasteiger partial charge in [0.2, 0.25) is 0 Å². The first-order valence-corrected chi connectivity index (χ1v) is 10.0. The second-order valence-electron chi connectivity index (χ2n) is 6.80. The third kappa shape index (κ3) is 5.10. The molecule has 0 amide bonds. The molecule has 0 bridgehead atoms. The van der Waals surface area contributed by atoms with Crippen LogP contribution in [0.3, 0.4) is 0 Å². The van der Waals surface area contributed by atoms with Crippen molar-refractivity contribution in [2.24, 2.45) is 0 Å². The van der Waals surface area contributed by atoms with Crippen LogP contribution in [0.5, 0.6) is 11.5 Å². The molecule has 0 radical (unpaired) electrons. The minimum Gasteiger partial charge on any atom is -0.497 e. The normalized spacial score (nSPS) is 10.3. The zero-order valence-corrected chi connectivity index (χ0v) is 18.4. The van der Waals surface area contributed by atoms with E-state index in [2.05, 4.69) is 57.2 Å². The first-order chi connectivity index (χ1) is 14.0. The summed E-state index contributed by atoms with van der Waals surface area (Å²) in [5.41, 5.74) is 4.92. The zero-order valence-electron chi connectivity index (χ0n) is 16.8. The Balaban J connectivity index is 1.99. The second-order valence-corrected chi connectivity index (χ2v) is 7.66. The molecule has 0 saturated carbocycles. The number of rotatable bonds is 7. The highest BCUT2D eigenvalue weighted by Gasteiger charge is 2.16. The van der Waals surface area contributed by atoms with E-state index in [0.717, 1.165) is 38.3 Å². The predicted octanol–water partition coefficient (Wildman–Crippen LogP) is 5.85. The van der Waals surface area contributed by atoms with Crippen LogP contribution in [-0.2, 0) is 13.1 Å². The largest absolute Gasteiger partial charge is 0.497 e. The first-order valence-electron chi connectivity index (χ1n) is 9.25. The molecule has 0 N–H and O–H groups in total. The van der Waals surface area contributed by atoms with Gasteiger partial charge in [0.25, 0.3) is 0 Å². The molecule has 3 rings (SSSR count). The number of halogens is 1. The van der Waals surface area contributed by atoms with Gasteiger partial charge in [0, 0.05) is 17.6 Å². The molecule has 0 aromatic heterocycles. The van der Waals surface area contributed by atoms with E-state index in [1.165, 1.54) is 0 Å². The van der Waals surface area contributed by atoms with Crippen molar-refractivity contribution in [3.63, 3.8) is 0 Å². The van der Waals surface area contributed by atoms with E-state index in [1.807, 2.05) is 37.3 Å². The molecule has 0 aliphatic carbocycles. The molecule has 0 spiro atoms. The van der Waals surface area contributed by atoms with Crippen molar-refractivity contribution >= 4 is 21.6 Å². The summed E-state index contributed by atoms with van der Waals surface area (Å²) in [6, 6.07) is 22.4. The molecule has 5 heteroatoms. The average Bonchev–Trinajstić information content (AvgIpc) is 2.74. The van der Waals surface area contributed by atoms with Crippen LogP contribution < -0.4 is 14.4 Å². The monoisotopic (exact) mass is 450 g/mol. The molecule has 0 heterocycles. The van der Waals surface area contributed by atoms with Gasteiger partial charge in [-0.15, -0.1) is 0 Å². The van der Waals surface area contributed by atoms with Gasteiger partial charge in [0.15, 0.2) is 0 Å². The SMILES string of the molecule is COc1ccc(CN(Cc2ccc(OC)cc2)c2cc(C)cc(Br)c2C#N)cc1. The lowest BCUT2D eigenvalue weighted by molar-refractivity contribution is 0.414. The number of nitriles is 1. The topological polar surface area (TPSA) is 45.5 Å². The van der Waals surface area contributed by atoms with Crippen LogP contribution in [0.25, 0.3) is 0 Å². The Hall–Kier alpha value is -2.97. The quantitative estimate of drug-likeness (QED) is 0.452. The van der Waals surface area contributed by atoms with E-state index in [9.17, 15) is 5.26 Å². The number of ether oxygens (including phenoxy) is 2. The van der Waals surface area contributed by atoms with Crippen molar-refractivity contribution in [2.75, 3.05) is 19.1 Å². The van der Waals surface area contributed by atoms with Gasteiger partial charge in [0.1, 0.15) is 17.6 Å². The maximum atomic E-state index is 9.77. The molecule has 4 nitrogen and oxygen atoms in total. The summed E-state index contributed by atoms with van der Waals surface area (Å²) < 4.78 is 11.3. The van der Waals surface area contributed by atoms with Crippen LogP contribution >= 0.6 is 15.9 Å². The fourth-order valence-electron chi connectivity index (χ4n) is 3.21. The third-order valence-electron chi connectivity index (χ3n) is 4.73. The number of aryl methyl sites for hydroxylation is 1. The number of benzene rings is 3. The molecule has 0 atom stereocenters. The molecular weight excluding hydrogens is 428 g/mol. The Labute approximate surface area is 180 Å². The summed E-state index contributed by atoms with van der Waals surface area (Å²) in [7, 11) is 3.32. The van der Waals surface area contributed by atoms with Gasteiger partial charge < -0.3 is 14.4 Å². The van der Waals surface area contributed by atoms with Gasteiger partial charge in [0.05, 0.1) is 25.5 Å². The van der Waals surface area contributed by atoms with Crippen LogP contribution in [0.1, 0.15) is 22.3 Å². The lowest BCUT2D eigenvalue weighted by Crippen LogP contribution is -2.23. The highest BCUT2D eigenvalue weighted by Crippen LogP contribution is 2.31. The van der Waals surface area contributed by atoms with E-state index < -0.39 is 0 Å². The Morgan fingerprint density at radius 1 is 0.862 bits per heavy atom. The number of hydrogen-bond donors (Lipinski definition) is 0. The molecule has 0 unspecified atom stereocenters. The van der Waals surface area contributed by atoms with Gasteiger partial charge >= 0.3 is 0 Å². The lowest BCUT2D eigenvalue weighted by atomic mass is 10.1. The maximum absolute atomic E-state index is 9.77. The molecular formula is C24H23BrN2O2. The summed E-state index contributed by atoms with van der Waals surface area (Å²) in [5.74, 6) is 1.65. The van der Waals surface area contributed by atoms with Crippen molar-refractivity contribution in [3.05, 3.63) is 87.4 Å². The second kappa shape index (κ2) is 9.49. The van der Waals surface area contributed by atoms with Crippen molar-refractivity contribution in [3.8, 4) is 17.6 Å². The van der Waals surface area contributed by atoms with Crippen molar-refractivity contribution in [1.82, 2.24) is 0 Å². The first kappa shape index (κ1) is 20.8. The highest BCUT2D eigenvalue weighted by atomic mass is 79.9. The molecule has 148 valence electrons. The van der Waals surface area contributed by atoms with E-state index >= 15 is 0 Å². The molecule has 0 saturated heterocycles. The standard InChI is InChI=1S/C24H23BrN2O2/c1-17-12-23(25)22(14-26)24(13-17)27(15-18-4-8-20(28-2)9-5-18)16-19-6-10-21(29-3)11-7-19/h4-13H,15-16H2,1-3H3. The minimum absolute atomic E-state index is 0.637. The van der Waals surface area contributed by atoms with E-state index in [1.54, 1.807) is 14.2 Å². The zero-order chi connectivity index (χ0) is 20.8. The van der Waals surface area contributed by atoms with Crippen LogP contribution in [-0.4, -0.2) is 14.2 Å². The Morgan fingerprint density at radius 2 is 1.34 bits per heavy atom. The Morgan fingerprint density at radius 3 is 1.76 bits per heavy atom. The van der Waals surface area contributed by atoms with Crippen LogP contribution in [0.15, 0.2) is 65.1 Å². The maximum Gasteiger partial charge on any atom is 0.118 e. The molecule has 0 aliphatic heterocycles. The van der Waals surface area contributed by atoms with Crippen LogP contribution in [0.2, 0.25) is 0 Å². The molecule has 3 aromatic carbocycles. The van der Waals surface area contributed by atoms with Gasteiger partial charge in [-0.2, -0.15) is 5.26 Å². The van der Waals surface area contributed by atoms with E-state index in [-0.39, 0.29) is 0 Å². The smallest absolute Gasteiger partial charge is 0.118 e. The summed E-state index contributed by atoms with van der Waals surface area (Å²) >= 11 is 3.55. The lowest BCUT2D eigenvalue weighted by Gasteiger charge is -2.27. The van der Waals surface area contributed by atoms with Crippen molar-refractivity contribution < 1.29 is 9.47 Å². The van der Waals surface area contributed by atoms with Gasteiger partial charge in [-0.05, 0) is 75.9 Å². The Kier molecular flexibility index (Phi) is 6.79. The van der Waals surface area contributed by atoms with Gasteiger partial charge in [-0.1, -0.05) is 24.3 Å². The third-order valence-corrected chi connectivity index (χ3v) is 5.36. The van der Waals surface area contributed by atoms with E-state index in [0.29, 0.717) is 18.7 Å². The van der Waals surface area contributed by atoms with Crippen molar-refractivity contribution in [2.45, 2.75) is 20.0 Å². The van der Waals surface area contributed by atoms with Crippen LogP contribution in [0, 0.1) is 18.3 Å². The van der Waals surface area contributed by atoms with E-state index in [4.69, 9.17) is 9.47 Å². The summed E-state index contributed by atoms with van der Waals surface area (Å²) in [6.45, 7) is 3.37. The average molecular weight is 451 g/mol. The minimum atomic E-state index is 0.637. The number of methoxy groups -OCH3 is 2. The number of anilines is 1. The summed E-state index contributed by atoms with van der Waals surface area (Å²) in [6.07, 6.45) is 0. The van der Waals surface area contributed by atoms with Gasteiger partial charge in [-0.3, -0.25) is 0 Å². The molecule has 29 heavy (non-hydrogen) atoms. The fraction of sp³-hybridized carbons (Fsp3) is 0.208. The molecule has 0 fully saturated rings. The van der Waals surface area contributed by atoms with Gasteiger partial charge in [-0.25, -0.2) is 0 Å². The number of nitrogens with zero attached hydrogens (tertiary/aromatic N) is 2. The number of hydrogen-bond acceptors (Lipinski definition) is 4. The highest BCUT2D eigenvalue weighted by molar-refractivity contribution is 9.10. The molecule has 3 aromatic rings. The van der Waals surface area contributed by atoms with Crippen LogP contribution in [0.4, 0.5) is 5.69 Å². The predicted molar refractivity (Wildman–Crippen MR) is 119 cm³/mol. The molecule has 0 aliphatic rings. The Bertz CT molecular complexity index is 959. The van der Waals surface area contributed by atoms with Crippen molar-refractivity contribution in [1.29, 1.82) is 5.26 Å². The fourth-order valence-corrected chi connectivity index (χ4v) is 3.87.